The summed E-state index contributed by atoms with van der Waals surface area (Å²) in [5.41, 5.74) is 8.01. The highest BCUT2D eigenvalue weighted by Crippen LogP contribution is 2.07. The second-order valence-corrected chi connectivity index (χ2v) is 2.86. The molecule has 2 N–H and O–H groups in total. The van der Waals surface area contributed by atoms with Crippen LogP contribution in [0.5, 0.6) is 0 Å². The van der Waals surface area contributed by atoms with Crippen LogP contribution in [0.3, 0.4) is 0 Å². The molecule has 0 spiro atoms. The third-order valence-corrected chi connectivity index (χ3v) is 1.98. The van der Waals surface area contributed by atoms with Gasteiger partial charge in [-0.1, -0.05) is 13.0 Å². The quantitative estimate of drug-likeness (QED) is 0.733. The Morgan fingerprint density at radius 1 is 1.50 bits per heavy atom. The van der Waals surface area contributed by atoms with Gasteiger partial charge in [0.25, 0.3) is 0 Å². The maximum Gasteiger partial charge on any atom is 0.0435 e. The van der Waals surface area contributed by atoms with Gasteiger partial charge in [0.05, 0.1) is 0 Å². The third-order valence-electron chi connectivity index (χ3n) is 1.98. The fourth-order valence-electron chi connectivity index (χ4n) is 1.29. The molecule has 1 aromatic heterocycles. The van der Waals surface area contributed by atoms with Crippen LogP contribution in [0.25, 0.3) is 0 Å². The summed E-state index contributed by atoms with van der Waals surface area (Å²) in [6.45, 7) is 2.91. The van der Waals surface area contributed by atoms with Crippen LogP contribution in [0.2, 0.25) is 0 Å². The Balaban J connectivity index is 2.68. The predicted molar refractivity (Wildman–Crippen MR) is 51.0 cm³/mol. The van der Waals surface area contributed by atoms with Crippen molar-refractivity contribution < 1.29 is 0 Å². The van der Waals surface area contributed by atoms with Crippen molar-refractivity contribution in [1.29, 1.82) is 0 Å². The van der Waals surface area contributed by atoms with E-state index in [1.165, 1.54) is 11.3 Å². The van der Waals surface area contributed by atoms with Gasteiger partial charge in [-0.05, 0) is 37.4 Å². The van der Waals surface area contributed by atoms with Crippen molar-refractivity contribution in [3.63, 3.8) is 0 Å². The zero-order valence-corrected chi connectivity index (χ0v) is 7.59. The van der Waals surface area contributed by atoms with Gasteiger partial charge in [-0.2, -0.15) is 0 Å². The normalized spacial score (nSPS) is 10.2. The molecule has 0 bridgehead atoms. The molecule has 0 unspecified atom stereocenters. The zero-order chi connectivity index (χ0) is 8.81. The Morgan fingerprint density at radius 3 is 3.00 bits per heavy atom. The fraction of sp³-hybridized carbons (Fsp3) is 0.500. The van der Waals surface area contributed by atoms with Crippen LogP contribution in [0.1, 0.15) is 24.6 Å². The lowest BCUT2D eigenvalue weighted by Crippen LogP contribution is -2.03. The summed E-state index contributed by atoms with van der Waals surface area (Å²) in [4.78, 5) is 4.33. The van der Waals surface area contributed by atoms with Gasteiger partial charge in [0.1, 0.15) is 0 Å². The molecular weight excluding hydrogens is 148 g/mol. The molecule has 12 heavy (non-hydrogen) atoms. The minimum atomic E-state index is 0.750. The van der Waals surface area contributed by atoms with Crippen molar-refractivity contribution in [3.05, 3.63) is 29.6 Å². The largest absolute Gasteiger partial charge is 0.330 e. The van der Waals surface area contributed by atoms with Gasteiger partial charge in [0.15, 0.2) is 0 Å². The number of hydrogen-bond donors (Lipinski definition) is 1. The fourth-order valence-corrected chi connectivity index (χ4v) is 1.29. The Hall–Kier alpha value is -0.890. The summed E-state index contributed by atoms with van der Waals surface area (Å²) in [6, 6.07) is 4.13. The van der Waals surface area contributed by atoms with Gasteiger partial charge in [0, 0.05) is 11.9 Å². The molecule has 0 fully saturated rings. The van der Waals surface area contributed by atoms with Crippen molar-refractivity contribution in [2.75, 3.05) is 6.54 Å². The molecule has 1 rings (SSSR count). The number of rotatable bonds is 4. The van der Waals surface area contributed by atoms with E-state index in [-0.39, 0.29) is 0 Å². The average Bonchev–Trinajstić information content (AvgIpc) is 2.15. The Morgan fingerprint density at radius 2 is 2.33 bits per heavy atom. The van der Waals surface area contributed by atoms with Gasteiger partial charge in [-0.25, -0.2) is 0 Å². The number of aryl methyl sites for hydroxylation is 2. The van der Waals surface area contributed by atoms with Gasteiger partial charge in [0.2, 0.25) is 0 Å². The molecule has 0 amide bonds. The maximum absolute atomic E-state index is 5.44. The second-order valence-electron chi connectivity index (χ2n) is 2.86. The molecule has 0 aliphatic rings. The lowest BCUT2D eigenvalue weighted by Gasteiger charge is -2.04. The van der Waals surface area contributed by atoms with Crippen molar-refractivity contribution in [3.8, 4) is 0 Å². The first-order valence-corrected chi connectivity index (χ1v) is 4.51. The van der Waals surface area contributed by atoms with E-state index in [0.717, 1.165) is 25.8 Å². The Bertz CT molecular complexity index is 233. The summed E-state index contributed by atoms with van der Waals surface area (Å²) < 4.78 is 0. The van der Waals surface area contributed by atoms with E-state index < -0.39 is 0 Å². The van der Waals surface area contributed by atoms with E-state index >= 15 is 0 Å². The monoisotopic (exact) mass is 164 g/mol. The van der Waals surface area contributed by atoms with Crippen molar-refractivity contribution >= 4 is 0 Å². The van der Waals surface area contributed by atoms with Crippen molar-refractivity contribution in [1.82, 2.24) is 4.98 Å². The Labute approximate surface area is 73.8 Å². The summed E-state index contributed by atoms with van der Waals surface area (Å²) in [7, 11) is 0. The maximum atomic E-state index is 5.44. The topological polar surface area (TPSA) is 38.9 Å². The van der Waals surface area contributed by atoms with E-state index in [1.807, 2.05) is 12.3 Å². The molecule has 2 nitrogen and oxygen atoms in total. The van der Waals surface area contributed by atoms with Crippen molar-refractivity contribution in [2.45, 2.75) is 26.2 Å². The first kappa shape index (κ1) is 9.20. The molecule has 0 radical (unpaired) electrons. The van der Waals surface area contributed by atoms with Crippen molar-refractivity contribution in [2.24, 2.45) is 5.73 Å². The summed E-state index contributed by atoms with van der Waals surface area (Å²) in [5.74, 6) is 0. The van der Waals surface area contributed by atoms with E-state index in [1.54, 1.807) is 0 Å². The molecule has 66 valence electrons. The number of nitrogens with two attached hydrogens (primary N) is 1. The molecular formula is C10H16N2. The zero-order valence-electron chi connectivity index (χ0n) is 7.59. The summed E-state index contributed by atoms with van der Waals surface area (Å²) in [5, 5.41) is 0. The molecule has 0 aliphatic heterocycles. The SMILES string of the molecule is CCc1cccnc1CCCN. The number of hydrogen-bond acceptors (Lipinski definition) is 2. The minimum Gasteiger partial charge on any atom is -0.330 e. The highest BCUT2D eigenvalue weighted by molar-refractivity contribution is 5.19. The lowest BCUT2D eigenvalue weighted by molar-refractivity contribution is 0.797. The average molecular weight is 164 g/mol. The smallest absolute Gasteiger partial charge is 0.0435 e. The van der Waals surface area contributed by atoms with E-state index in [2.05, 4.69) is 18.0 Å². The first-order valence-electron chi connectivity index (χ1n) is 4.51. The molecule has 1 heterocycles. The van der Waals surface area contributed by atoms with Crippen LogP contribution in [0.4, 0.5) is 0 Å². The standard InChI is InChI=1S/C10H16N2/c1-2-9-5-4-8-12-10(9)6-3-7-11/h4-5,8H,2-3,6-7,11H2,1H3. The molecule has 0 saturated heterocycles. The molecule has 0 atom stereocenters. The second kappa shape index (κ2) is 4.88. The molecule has 0 aromatic carbocycles. The van der Waals surface area contributed by atoms with Gasteiger partial charge in [-0.3, -0.25) is 4.98 Å². The van der Waals surface area contributed by atoms with E-state index in [0.29, 0.717) is 0 Å². The molecule has 1 aromatic rings. The summed E-state index contributed by atoms with van der Waals surface area (Å²) >= 11 is 0. The summed E-state index contributed by atoms with van der Waals surface area (Å²) in [6.07, 6.45) is 4.96. The number of nitrogens with zero attached hydrogens (tertiary/aromatic N) is 1. The van der Waals surface area contributed by atoms with Crippen LogP contribution in [0.15, 0.2) is 18.3 Å². The van der Waals surface area contributed by atoms with E-state index in [4.69, 9.17) is 5.73 Å². The first-order chi connectivity index (χ1) is 5.88. The van der Waals surface area contributed by atoms with E-state index in [9.17, 15) is 0 Å². The minimum absolute atomic E-state index is 0.750. The van der Waals surface area contributed by atoms with Crippen LogP contribution in [0, 0.1) is 0 Å². The number of aromatic nitrogens is 1. The van der Waals surface area contributed by atoms with Gasteiger partial charge in [-0.15, -0.1) is 0 Å². The lowest BCUT2D eigenvalue weighted by atomic mass is 10.1. The predicted octanol–water partition coefficient (Wildman–Crippen LogP) is 1.54. The van der Waals surface area contributed by atoms with Crippen LogP contribution in [-0.2, 0) is 12.8 Å². The third kappa shape index (κ3) is 2.31. The molecule has 0 aliphatic carbocycles. The Kier molecular flexibility index (Phi) is 3.74. The molecule has 0 saturated carbocycles. The van der Waals surface area contributed by atoms with Crippen LogP contribution >= 0.6 is 0 Å². The highest BCUT2D eigenvalue weighted by Gasteiger charge is 1.99. The van der Waals surface area contributed by atoms with Crippen LogP contribution < -0.4 is 5.73 Å². The molecule has 2 heteroatoms. The highest BCUT2D eigenvalue weighted by atomic mass is 14.7. The number of pyridine rings is 1. The van der Waals surface area contributed by atoms with Gasteiger partial charge < -0.3 is 5.73 Å². The van der Waals surface area contributed by atoms with Crippen LogP contribution in [-0.4, -0.2) is 11.5 Å². The van der Waals surface area contributed by atoms with Gasteiger partial charge >= 0.3 is 0 Å².